The summed E-state index contributed by atoms with van der Waals surface area (Å²) >= 11 is 0. The third-order valence-electron chi connectivity index (χ3n) is 5.96. The zero-order valence-electron chi connectivity index (χ0n) is 15.2. The van der Waals surface area contributed by atoms with E-state index in [1.807, 2.05) is 0 Å². The molecular formula is C21H31N3. The molecule has 3 heteroatoms. The van der Waals surface area contributed by atoms with Crippen LogP contribution in [0.15, 0.2) is 24.3 Å². The Morgan fingerprint density at radius 1 is 1.08 bits per heavy atom. The molecule has 2 aliphatic rings. The fraction of sp³-hybridized carbons (Fsp3) is 0.667. The number of fused-ring (bicyclic) bond motifs is 1. The van der Waals surface area contributed by atoms with Crippen molar-refractivity contribution < 1.29 is 0 Å². The van der Waals surface area contributed by atoms with Crippen molar-refractivity contribution in [2.75, 3.05) is 13.6 Å². The molecule has 0 saturated heterocycles. The fourth-order valence-corrected chi connectivity index (χ4v) is 4.42. The Balaban J connectivity index is 1.23. The van der Waals surface area contributed by atoms with Gasteiger partial charge in [-0.1, -0.05) is 18.6 Å². The number of rotatable bonds is 9. The molecule has 130 valence electrons. The summed E-state index contributed by atoms with van der Waals surface area (Å²) in [5, 5.41) is 0. The lowest BCUT2D eigenvalue weighted by Crippen LogP contribution is -2.36. The number of hydrogen-bond acceptors (Lipinski definition) is 2. The monoisotopic (exact) mass is 325 g/mol. The smallest absolute Gasteiger partial charge is 0.106 e. The number of aryl methyl sites for hydroxylation is 2. The summed E-state index contributed by atoms with van der Waals surface area (Å²) in [7, 11) is 2.37. The SMILES string of the molecule is Cc1nc2ccccc2n1CCCCCN(C)C(C1CC1)C1CC1. The van der Waals surface area contributed by atoms with Gasteiger partial charge in [0.25, 0.3) is 0 Å². The van der Waals surface area contributed by atoms with Crippen LogP contribution < -0.4 is 0 Å². The zero-order chi connectivity index (χ0) is 16.5. The summed E-state index contributed by atoms with van der Waals surface area (Å²) in [5.74, 6) is 3.21. The minimum atomic E-state index is 0.907. The van der Waals surface area contributed by atoms with Gasteiger partial charge in [-0.3, -0.25) is 0 Å². The highest BCUT2D eigenvalue weighted by molar-refractivity contribution is 5.75. The van der Waals surface area contributed by atoms with Crippen LogP contribution in [0.4, 0.5) is 0 Å². The molecule has 1 aromatic carbocycles. The van der Waals surface area contributed by atoms with Crippen LogP contribution in [0, 0.1) is 18.8 Å². The van der Waals surface area contributed by atoms with Gasteiger partial charge in [-0.25, -0.2) is 4.98 Å². The summed E-state index contributed by atoms with van der Waals surface area (Å²) in [6, 6.07) is 9.41. The second-order valence-electron chi connectivity index (χ2n) is 8.01. The number of nitrogens with zero attached hydrogens (tertiary/aromatic N) is 3. The van der Waals surface area contributed by atoms with E-state index in [0.29, 0.717) is 0 Å². The number of benzene rings is 1. The van der Waals surface area contributed by atoms with E-state index in [0.717, 1.165) is 35.8 Å². The molecule has 0 N–H and O–H groups in total. The second-order valence-corrected chi connectivity index (χ2v) is 8.01. The van der Waals surface area contributed by atoms with Crippen molar-refractivity contribution in [3.63, 3.8) is 0 Å². The van der Waals surface area contributed by atoms with E-state index in [4.69, 9.17) is 0 Å². The third kappa shape index (κ3) is 3.51. The van der Waals surface area contributed by atoms with Crippen LogP contribution in [0.25, 0.3) is 11.0 Å². The van der Waals surface area contributed by atoms with Crippen LogP contribution in [-0.2, 0) is 6.54 Å². The van der Waals surface area contributed by atoms with Gasteiger partial charge in [0.15, 0.2) is 0 Å². The molecule has 0 unspecified atom stereocenters. The van der Waals surface area contributed by atoms with Gasteiger partial charge >= 0.3 is 0 Å². The first-order chi connectivity index (χ1) is 11.7. The molecule has 4 rings (SSSR count). The van der Waals surface area contributed by atoms with E-state index in [1.54, 1.807) is 0 Å². The Morgan fingerprint density at radius 2 is 1.79 bits per heavy atom. The molecule has 2 fully saturated rings. The maximum Gasteiger partial charge on any atom is 0.106 e. The molecular weight excluding hydrogens is 294 g/mol. The van der Waals surface area contributed by atoms with Crippen LogP contribution in [0.2, 0.25) is 0 Å². The summed E-state index contributed by atoms with van der Waals surface area (Å²) < 4.78 is 2.39. The molecule has 0 bridgehead atoms. The predicted molar refractivity (Wildman–Crippen MR) is 100 cm³/mol. The van der Waals surface area contributed by atoms with Gasteiger partial charge in [-0.15, -0.1) is 0 Å². The highest BCUT2D eigenvalue weighted by Gasteiger charge is 2.43. The quantitative estimate of drug-likeness (QED) is 0.627. The second kappa shape index (κ2) is 6.87. The average Bonchev–Trinajstić information content (AvgIpc) is 3.48. The van der Waals surface area contributed by atoms with Crippen molar-refractivity contribution in [1.29, 1.82) is 0 Å². The molecule has 0 atom stereocenters. The molecule has 1 aromatic heterocycles. The molecule has 2 saturated carbocycles. The summed E-state index contributed by atoms with van der Waals surface area (Å²) in [6.45, 7) is 4.51. The lowest BCUT2D eigenvalue weighted by Gasteiger charge is -2.28. The first-order valence-corrected chi connectivity index (χ1v) is 9.86. The van der Waals surface area contributed by atoms with Gasteiger partial charge in [0, 0.05) is 12.6 Å². The molecule has 24 heavy (non-hydrogen) atoms. The van der Waals surface area contributed by atoms with E-state index >= 15 is 0 Å². The zero-order valence-corrected chi connectivity index (χ0v) is 15.2. The van der Waals surface area contributed by atoms with Crippen LogP contribution in [0.3, 0.4) is 0 Å². The van der Waals surface area contributed by atoms with Crippen molar-refractivity contribution in [3.8, 4) is 0 Å². The summed E-state index contributed by atoms with van der Waals surface area (Å²) in [5.41, 5.74) is 2.42. The Kier molecular flexibility index (Phi) is 4.62. The number of hydrogen-bond donors (Lipinski definition) is 0. The lowest BCUT2D eigenvalue weighted by atomic mass is 10.1. The van der Waals surface area contributed by atoms with E-state index in [-0.39, 0.29) is 0 Å². The number of unbranched alkanes of at least 4 members (excludes halogenated alkanes) is 2. The average molecular weight is 326 g/mol. The Morgan fingerprint density at radius 3 is 2.50 bits per heavy atom. The minimum absolute atomic E-state index is 0.907. The minimum Gasteiger partial charge on any atom is -0.328 e. The number of aromatic nitrogens is 2. The van der Waals surface area contributed by atoms with Gasteiger partial charge < -0.3 is 9.47 Å². The molecule has 2 aromatic rings. The van der Waals surface area contributed by atoms with Gasteiger partial charge in [-0.05, 0) is 83.0 Å². The van der Waals surface area contributed by atoms with Crippen molar-refractivity contribution in [2.45, 2.75) is 64.5 Å². The van der Waals surface area contributed by atoms with E-state index < -0.39 is 0 Å². The molecule has 2 aliphatic carbocycles. The van der Waals surface area contributed by atoms with E-state index in [1.165, 1.54) is 57.0 Å². The highest BCUT2D eigenvalue weighted by atomic mass is 15.1. The molecule has 0 radical (unpaired) electrons. The maximum absolute atomic E-state index is 4.67. The van der Waals surface area contributed by atoms with Crippen molar-refractivity contribution in [1.82, 2.24) is 14.5 Å². The molecule has 0 amide bonds. The summed E-state index contributed by atoms with van der Waals surface area (Å²) in [6.07, 6.45) is 9.84. The van der Waals surface area contributed by atoms with Gasteiger partial charge in [0.1, 0.15) is 5.82 Å². The molecule has 0 spiro atoms. The first-order valence-electron chi connectivity index (χ1n) is 9.86. The first kappa shape index (κ1) is 16.1. The van der Waals surface area contributed by atoms with Crippen molar-refractivity contribution in [2.24, 2.45) is 11.8 Å². The lowest BCUT2D eigenvalue weighted by molar-refractivity contribution is 0.191. The van der Waals surface area contributed by atoms with Gasteiger partial charge in [0.2, 0.25) is 0 Å². The normalized spacial score (nSPS) is 18.2. The Hall–Kier alpha value is -1.35. The van der Waals surface area contributed by atoms with E-state index in [9.17, 15) is 0 Å². The Bertz CT molecular complexity index is 669. The van der Waals surface area contributed by atoms with Crippen LogP contribution in [-0.4, -0.2) is 34.1 Å². The van der Waals surface area contributed by atoms with Crippen molar-refractivity contribution in [3.05, 3.63) is 30.1 Å². The maximum atomic E-state index is 4.67. The van der Waals surface area contributed by atoms with Crippen LogP contribution >= 0.6 is 0 Å². The summed E-state index contributed by atoms with van der Waals surface area (Å²) in [4.78, 5) is 7.36. The number of para-hydroxylation sites is 2. The Labute approximate surface area is 146 Å². The molecule has 3 nitrogen and oxygen atoms in total. The van der Waals surface area contributed by atoms with Crippen LogP contribution in [0.5, 0.6) is 0 Å². The van der Waals surface area contributed by atoms with Crippen molar-refractivity contribution >= 4 is 11.0 Å². The molecule has 0 aliphatic heterocycles. The third-order valence-corrected chi connectivity index (χ3v) is 5.96. The number of imidazole rings is 1. The van der Waals surface area contributed by atoms with E-state index in [2.05, 4.69) is 52.7 Å². The van der Waals surface area contributed by atoms with Gasteiger partial charge in [-0.2, -0.15) is 0 Å². The standard InChI is InChI=1S/C21H31N3/c1-16-22-19-8-4-5-9-20(19)24(16)15-7-3-6-14-23(2)21(17-10-11-17)18-12-13-18/h4-5,8-9,17-18,21H,3,6-7,10-15H2,1-2H3. The largest absolute Gasteiger partial charge is 0.328 e. The fourth-order valence-electron chi connectivity index (χ4n) is 4.42. The van der Waals surface area contributed by atoms with Gasteiger partial charge in [0.05, 0.1) is 11.0 Å². The van der Waals surface area contributed by atoms with Crippen LogP contribution in [0.1, 0.15) is 50.8 Å². The predicted octanol–water partition coefficient (Wildman–Crippen LogP) is 4.64. The highest BCUT2D eigenvalue weighted by Crippen LogP contribution is 2.46. The molecule has 1 heterocycles. The topological polar surface area (TPSA) is 21.1 Å².